The van der Waals surface area contributed by atoms with Gasteiger partial charge >= 0.3 is 0 Å². The summed E-state index contributed by atoms with van der Waals surface area (Å²) in [5.74, 6) is 0. The Bertz CT molecular complexity index is 560. The lowest BCUT2D eigenvalue weighted by molar-refractivity contribution is 0.152. The monoisotopic (exact) mass is 269 g/mol. The number of rotatable bonds is 2. The van der Waals surface area contributed by atoms with Crippen molar-refractivity contribution in [1.29, 1.82) is 0 Å². The van der Waals surface area contributed by atoms with Crippen LogP contribution in [0.4, 0.5) is 0 Å². The molecule has 2 aliphatic rings. The lowest BCUT2D eigenvalue weighted by atomic mass is 9.68. The molecule has 3 rings (SSSR count). The number of aromatic nitrogens is 2. The van der Waals surface area contributed by atoms with Gasteiger partial charge < -0.3 is 0 Å². The molecule has 1 saturated carbocycles. The molecular formula is C12H19N3O2S. The summed E-state index contributed by atoms with van der Waals surface area (Å²) in [7, 11) is -1.63. The first-order valence-electron chi connectivity index (χ1n) is 6.44. The van der Waals surface area contributed by atoms with Crippen molar-refractivity contribution < 1.29 is 8.42 Å². The fourth-order valence-corrected chi connectivity index (χ4v) is 5.04. The first-order chi connectivity index (χ1) is 8.43. The third kappa shape index (κ3) is 1.70. The van der Waals surface area contributed by atoms with Gasteiger partial charge in [0.05, 0.1) is 6.20 Å². The normalized spacial score (nSPS) is 27.6. The maximum absolute atomic E-state index is 12.6. The highest BCUT2D eigenvalue weighted by Crippen LogP contribution is 2.51. The first-order valence-corrected chi connectivity index (χ1v) is 7.88. The second-order valence-corrected chi connectivity index (χ2v) is 7.70. The summed E-state index contributed by atoms with van der Waals surface area (Å²) in [5.41, 5.74) is 0.273. The average Bonchev–Trinajstić information content (AvgIpc) is 2.81. The molecule has 18 heavy (non-hydrogen) atoms. The van der Waals surface area contributed by atoms with E-state index >= 15 is 0 Å². The highest BCUT2D eigenvalue weighted by molar-refractivity contribution is 7.89. The summed E-state index contributed by atoms with van der Waals surface area (Å²) in [5, 5.41) is 3.96. The number of aryl methyl sites for hydroxylation is 1. The standard InChI is InChI=1S/C12H19N3O2S/c1-10-6-12(4-3-5-12)9-15(10)18(16,17)11-7-13-14(2)8-11/h7-8,10H,3-6,9H2,1-2H3. The molecule has 1 aliphatic heterocycles. The van der Waals surface area contributed by atoms with Gasteiger partial charge in [-0.15, -0.1) is 0 Å². The Hall–Kier alpha value is -0.880. The summed E-state index contributed by atoms with van der Waals surface area (Å²) < 4.78 is 28.3. The molecule has 1 atom stereocenters. The van der Waals surface area contributed by atoms with Gasteiger partial charge in [-0.1, -0.05) is 6.42 Å². The summed E-state index contributed by atoms with van der Waals surface area (Å²) in [6.45, 7) is 2.70. The second kappa shape index (κ2) is 3.81. The topological polar surface area (TPSA) is 55.2 Å². The van der Waals surface area contributed by atoms with Gasteiger partial charge in [0.1, 0.15) is 4.90 Å². The molecule has 2 fully saturated rings. The van der Waals surface area contributed by atoms with E-state index in [1.165, 1.54) is 30.1 Å². The second-order valence-electron chi connectivity index (χ2n) is 5.81. The molecule has 100 valence electrons. The Labute approximate surface area is 108 Å². The molecule has 0 amide bonds. The summed E-state index contributed by atoms with van der Waals surface area (Å²) in [6.07, 6.45) is 7.62. The van der Waals surface area contributed by atoms with E-state index in [0.29, 0.717) is 11.4 Å². The van der Waals surface area contributed by atoms with Crippen molar-refractivity contribution >= 4 is 10.0 Å². The van der Waals surface area contributed by atoms with Crippen LogP contribution in [0.3, 0.4) is 0 Å². The van der Waals surface area contributed by atoms with Gasteiger partial charge in [0.25, 0.3) is 0 Å². The number of sulfonamides is 1. The van der Waals surface area contributed by atoms with Crippen molar-refractivity contribution in [2.24, 2.45) is 12.5 Å². The smallest absolute Gasteiger partial charge is 0.246 e. The van der Waals surface area contributed by atoms with Crippen LogP contribution < -0.4 is 0 Å². The van der Waals surface area contributed by atoms with E-state index in [1.54, 1.807) is 17.5 Å². The van der Waals surface area contributed by atoms with Gasteiger partial charge in [-0.05, 0) is 31.6 Å². The van der Waals surface area contributed by atoms with Crippen LogP contribution in [0, 0.1) is 5.41 Å². The van der Waals surface area contributed by atoms with Gasteiger partial charge in [0.2, 0.25) is 10.0 Å². The van der Waals surface area contributed by atoms with Crippen molar-refractivity contribution in [2.75, 3.05) is 6.54 Å². The molecule has 1 aliphatic carbocycles. The molecular weight excluding hydrogens is 250 g/mol. The van der Waals surface area contributed by atoms with Crippen LogP contribution in [-0.4, -0.2) is 35.1 Å². The van der Waals surface area contributed by atoms with Crippen LogP contribution in [-0.2, 0) is 17.1 Å². The molecule has 0 N–H and O–H groups in total. The van der Waals surface area contributed by atoms with Crippen molar-refractivity contribution in [3.63, 3.8) is 0 Å². The van der Waals surface area contributed by atoms with Crippen molar-refractivity contribution in [3.8, 4) is 0 Å². The van der Waals surface area contributed by atoms with E-state index in [4.69, 9.17) is 0 Å². The highest BCUT2D eigenvalue weighted by Gasteiger charge is 2.50. The Balaban J connectivity index is 1.90. The predicted octanol–water partition coefficient (Wildman–Crippen LogP) is 1.37. The minimum Gasteiger partial charge on any atom is -0.274 e. The van der Waals surface area contributed by atoms with Crippen molar-refractivity contribution in [2.45, 2.75) is 43.5 Å². The molecule has 6 heteroatoms. The molecule has 0 bridgehead atoms. The lowest BCUT2D eigenvalue weighted by Gasteiger charge is -2.37. The molecule has 0 radical (unpaired) electrons. The SMILES string of the molecule is CC1CC2(CCC2)CN1S(=O)(=O)c1cnn(C)c1. The lowest BCUT2D eigenvalue weighted by Crippen LogP contribution is -2.37. The third-order valence-electron chi connectivity index (χ3n) is 4.41. The minimum absolute atomic E-state index is 0.107. The van der Waals surface area contributed by atoms with Crippen LogP contribution in [0.15, 0.2) is 17.3 Å². The number of nitrogens with zero attached hydrogens (tertiary/aromatic N) is 3. The molecule has 0 aromatic carbocycles. The van der Waals surface area contributed by atoms with Crippen LogP contribution in [0.1, 0.15) is 32.6 Å². The van der Waals surface area contributed by atoms with E-state index in [9.17, 15) is 8.42 Å². The van der Waals surface area contributed by atoms with E-state index in [2.05, 4.69) is 5.10 Å². The van der Waals surface area contributed by atoms with Gasteiger partial charge in [-0.2, -0.15) is 9.40 Å². The van der Waals surface area contributed by atoms with Crippen LogP contribution in [0.5, 0.6) is 0 Å². The summed E-state index contributed by atoms with van der Waals surface area (Å²) in [6, 6.07) is 0.107. The van der Waals surface area contributed by atoms with E-state index < -0.39 is 10.0 Å². The third-order valence-corrected chi connectivity index (χ3v) is 6.33. The Morgan fingerprint density at radius 2 is 2.17 bits per heavy atom. The Morgan fingerprint density at radius 1 is 1.44 bits per heavy atom. The van der Waals surface area contributed by atoms with Gasteiger partial charge in [0, 0.05) is 25.8 Å². The zero-order valence-corrected chi connectivity index (χ0v) is 11.7. The van der Waals surface area contributed by atoms with Crippen molar-refractivity contribution in [1.82, 2.24) is 14.1 Å². The molecule has 1 unspecified atom stereocenters. The fraction of sp³-hybridized carbons (Fsp3) is 0.750. The zero-order valence-electron chi connectivity index (χ0n) is 10.8. The molecule has 1 aromatic rings. The zero-order chi connectivity index (χ0) is 13.0. The van der Waals surface area contributed by atoms with Crippen molar-refractivity contribution in [3.05, 3.63) is 12.4 Å². The highest BCUT2D eigenvalue weighted by atomic mass is 32.2. The minimum atomic E-state index is -3.36. The number of hydrogen-bond donors (Lipinski definition) is 0. The summed E-state index contributed by atoms with van der Waals surface area (Å²) in [4.78, 5) is 0.313. The molecule has 1 aromatic heterocycles. The van der Waals surface area contributed by atoms with E-state index in [-0.39, 0.29) is 11.5 Å². The van der Waals surface area contributed by atoms with E-state index in [1.807, 2.05) is 6.92 Å². The van der Waals surface area contributed by atoms with Crippen LogP contribution in [0.2, 0.25) is 0 Å². The molecule has 1 spiro atoms. The average molecular weight is 269 g/mol. The van der Waals surface area contributed by atoms with E-state index in [0.717, 1.165) is 6.42 Å². The molecule has 5 nitrogen and oxygen atoms in total. The maximum atomic E-state index is 12.6. The Morgan fingerprint density at radius 3 is 2.61 bits per heavy atom. The fourth-order valence-electron chi connectivity index (χ4n) is 3.31. The van der Waals surface area contributed by atoms with Gasteiger partial charge in [0.15, 0.2) is 0 Å². The quantitative estimate of drug-likeness (QED) is 0.815. The number of hydrogen-bond acceptors (Lipinski definition) is 3. The van der Waals surface area contributed by atoms with Gasteiger partial charge in [-0.25, -0.2) is 8.42 Å². The Kier molecular flexibility index (Phi) is 2.57. The van der Waals surface area contributed by atoms with Gasteiger partial charge in [-0.3, -0.25) is 4.68 Å². The van der Waals surface area contributed by atoms with Crippen LogP contribution in [0.25, 0.3) is 0 Å². The molecule has 1 saturated heterocycles. The largest absolute Gasteiger partial charge is 0.274 e. The molecule has 2 heterocycles. The maximum Gasteiger partial charge on any atom is 0.246 e. The van der Waals surface area contributed by atoms with Crippen LogP contribution >= 0.6 is 0 Å². The predicted molar refractivity (Wildman–Crippen MR) is 67.5 cm³/mol. The first kappa shape index (κ1) is 12.2. The summed E-state index contributed by atoms with van der Waals surface area (Å²) >= 11 is 0.